The van der Waals surface area contributed by atoms with Crippen molar-refractivity contribution in [1.82, 2.24) is 0 Å². The van der Waals surface area contributed by atoms with E-state index in [1.54, 1.807) is 0 Å². The molecule has 4 fully saturated rings. The Morgan fingerprint density at radius 3 is 1.67 bits per heavy atom. The van der Waals surface area contributed by atoms with Gasteiger partial charge in [0, 0.05) is 0 Å². The molecule has 0 aliphatic heterocycles. The van der Waals surface area contributed by atoms with Crippen molar-refractivity contribution >= 4 is 11.9 Å². The molecule has 0 heterocycles. The Morgan fingerprint density at radius 2 is 1.33 bits per heavy atom. The van der Waals surface area contributed by atoms with Crippen LogP contribution >= 0.6 is 0 Å². The number of carboxylic acids is 2. The van der Waals surface area contributed by atoms with E-state index in [4.69, 9.17) is 10.2 Å². The summed E-state index contributed by atoms with van der Waals surface area (Å²) in [5.74, 6) is -1.34. The number of hydrogen-bond acceptors (Lipinski definition) is 2. The summed E-state index contributed by atoms with van der Waals surface area (Å²) in [4.78, 5) is 22.2. The zero-order valence-electron chi connectivity index (χ0n) is 10.5. The van der Waals surface area contributed by atoms with Crippen LogP contribution in [0.15, 0.2) is 0 Å². The Labute approximate surface area is 106 Å². The van der Waals surface area contributed by atoms with Gasteiger partial charge >= 0.3 is 11.9 Å². The van der Waals surface area contributed by atoms with Crippen LogP contribution in [0.5, 0.6) is 0 Å². The number of rotatable bonds is 4. The first-order valence-corrected chi connectivity index (χ1v) is 6.93. The number of hydrogen-bond donors (Lipinski definition) is 2. The molecule has 4 nitrogen and oxygen atoms in total. The minimum atomic E-state index is -1.21. The standard InChI is InChI=1S/C14H20O4/c15-12(16)11(13(17)18)7-14-4-8-1-9(5-14)3-10(2-8)6-14/h8-11H,1-7H2,(H,15,16)(H,17,18). The average molecular weight is 252 g/mol. The molecule has 0 aromatic rings. The van der Waals surface area contributed by atoms with E-state index in [0.29, 0.717) is 6.42 Å². The number of aliphatic carboxylic acids is 2. The van der Waals surface area contributed by atoms with Crippen molar-refractivity contribution in [3.05, 3.63) is 0 Å². The Kier molecular flexibility index (Phi) is 2.65. The summed E-state index contributed by atoms with van der Waals surface area (Å²) in [6.07, 6.45) is 7.43. The molecule has 4 bridgehead atoms. The van der Waals surface area contributed by atoms with Crippen LogP contribution in [0, 0.1) is 29.1 Å². The number of carboxylic acid groups (broad SMARTS) is 2. The molecule has 0 spiro atoms. The topological polar surface area (TPSA) is 74.6 Å². The monoisotopic (exact) mass is 252 g/mol. The van der Waals surface area contributed by atoms with E-state index >= 15 is 0 Å². The maximum atomic E-state index is 11.1. The van der Waals surface area contributed by atoms with Crippen molar-refractivity contribution in [1.29, 1.82) is 0 Å². The molecule has 0 aromatic heterocycles. The molecule has 0 saturated heterocycles. The molecule has 0 radical (unpaired) electrons. The second kappa shape index (κ2) is 3.97. The van der Waals surface area contributed by atoms with Gasteiger partial charge in [0.05, 0.1) is 0 Å². The van der Waals surface area contributed by atoms with Gasteiger partial charge in [0.25, 0.3) is 0 Å². The molecule has 0 unspecified atom stereocenters. The summed E-state index contributed by atoms with van der Waals surface area (Å²) < 4.78 is 0. The zero-order chi connectivity index (χ0) is 12.9. The molecule has 4 saturated carbocycles. The van der Waals surface area contributed by atoms with Crippen LogP contribution in [0.2, 0.25) is 0 Å². The third-order valence-electron chi connectivity index (χ3n) is 5.40. The van der Waals surface area contributed by atoms with Crippen LogP contribution in [-0.2, 0) is 9.59 Å². The first-order chi connectivity index (χ1) is 8.47. The van der Waals surface area contributed by atoms with Gasteiger partial charge in [-0.3, -0.25) is 9.59 Å². The molecular weight excluding hydrogens is 232 g/mol. The van der Waals surface area contributed by atoms with E-state index in [9.17, 15) is 9.59 Å². The predicted molar refractivity (Wildman–Crippen MR) is 64.0 cm³/mol. The molecule has 0 aromatic carbocycles. The lowest BCUT2D eigenvalue weighted by atomic mass is 9.48. The van der Waals surface area contributed by atoms with Crippen LogP contribution in [0.3, 0.4) is 0 Å². The van der Waals surface area contributed by atoms with Crippen molar-refractivity contribution in [3.8, 4) is 0 Å². The van der Waals surface area contributed by atoms with Gasteiger partial charge in [0.2, 0.25) is 0 Å². The highest BCUT2D eigenvalue weighted by Crippen LogP contribution is 2.62. The van der Waals surface area contributed by atoms with Gasteiger partial charge in [-0.1, -0.05) is 0 Å². The highest BCUT2D eigenvalue weighted by molar-refractivity contribution is 5.92. The van der Waals surface area contributed by atoms with E-state index < -0.39 is 17.9 Å². The van der Waals surface area contributed by atoms with Crippen molar-refractivity contribution in [2.45, 2.75) is 44.9 Å². The SMILES string of the molecule is O=C(O)C(CC12CC3CC(CC(C3)C1)C2)C(=O)O. The van der Waals surface area contributed by atoms with E-state index in [0.717, 1.165) is 37.0 Å². The lowest BCUT2D eigenvalue weighted by Gasteiger charge is -2.57. The van der Waals surface area contributed by atoms with Crippen molar-refractivity contribution in [2.24, 2.45) is 29.1 Å². The van der Waals surface area contributed by atoms with Crippen LogP contribution in [0.25, 0.3) is 0 Å². The minimum Gasteiger partial charge on any atom is -0.481 e. The molecule has 4 heteroatoms. The summed E-state index contributed by atoms with van der Waals surface area (Å²) in [7, 11) is 0. The summed E-state index contributed by atoms with van der Waals surface area (Å²) in [5, 5.41) is 18.1. The molecule has 0 amide bonds. The van der Waals surface area contributed by atoms with Crippen molar-refractivity contribution in [2.75, 3.05) is 0 Å². The van der Waals surface area contributed by atoms with Gasteiger partial charge in [-0.2, -0.15) is 0 Å². The highest BCUT2D eigenvalue weighted by atomic mass is 16.4. The quantitative estimate of drug-likeness (QED) is 0.753. The first kappa shape index (κ1) is 12.0. The van der Waals surface area contributed by atoms with E-state index in [1.165, 1.54) is 19.3 Å². The van der Waals surface area contributed by atoms with Gasteiger partial charge in [-0.25, -0.2) is 0 Å². The molecule has 4 aliphatic rings. The number of carbonyl (C=O) groups is 2. The van der Waals surface area contributed by atoms with Gasteiger partial charge in [-0.05, 0) is 68.1 Å². The van der Waals surface area contributed by atoms with Crippen LogP contribution in [0.1, 0.15) is 44.9 Å². The summed E-state index contributed by atoms with van der Waals surface area (Å²) in [6, 6.07) is 0. The van der Waals surface area contributed by atoms with E-state index in [2.05, 4.69) is 0 Å². The van der Waals surface area contributed by atoms with Crippen molar-refractivity contribution in [3.63, 3.8) is 0 Å². The highest BCUT2D eigenvalue weighted by Gasteiger charge is 2.52. The van der Waals surface area contributed by atoms with Gasteiger partial charge < -0.3 is 10.2 Å². The molecule has 100 valence electrons. The molecule has 4 aliphatic carbocycles. The Bertz CT molecular complexity index is 338. The fourth-order valence-corrected chi connectivity index (χ4v) is 5.25. The molecule has 2 N–H and O–H groups in total. The minimum absolute atomic E-state index is 0.0240. The van der Waals surface area contributed by atoms with Crippen LogP contribution in [0.4, 0.5) is 0 Å². The maximum absolute atomic E-state index is 11.1. The summed E-state index contributed by atoms with van der Waals surface area (Å²) >= 11 is 0. The molecule has 18 heavy (non-hydrogen) atoms. The lowest BCUT2D eigenvalue weighted by molar-refractivity contribution is -0.159. The normalized spacial score (nSPS) is 41.3. The first-order valence-electron chi connectivity index (χ1n) is 6.93. The average Bonchev–Trinajstić information content (AvgIpc) is 2.23. The third-order valence-corrected chi connectivity index (χ3v) is 5.40. The Morgan fingerprint density at radius 1 is 0.944 bits per heavy atom. The maximum Gasteiger partial charge on any atom is 0.317 e. The fourth-order valence-electron chi connectivity index (χ4n) is 5.25. The van der Waals surface area contributed by atoms with Gasteiger partial charge in [-0.15, -0.1) is 0 Å². The van der Waals surface area contributed by atoms with Gasteiger partial charge in [0.15, 0.2) is 5.92 Å². The van der Waals surface area contributed by atoms with E-state index in [-0.39, 0.29) is 5.41 Å². The predicted octanol–water partition coefficient (Wildman–Crippen LogP) is 2.38. The summed E-state index contributed by atoms with van der Waals surface area (Å²) in [6.45, 7) is 0. The van der Waals surface area contributed by atoms with Crippen molar-refractivity contribution < 1.29 is 19.8 Å². The van der Waals surface area contributed by atoms with Gasteiger partial charge in [0.1, 0.15) is 0 Å². The fraction of sp³-hybridized carbons (Fsp3) is 0.857. The van der Waals surface area contributed by atoms with Crippen LogP contribution < -0.4 is 0 Å². The summed E-state index contributed by atoms with van der Waals surface area (Å²) in [5.41, 5.74) is 0.0240. The smallest absolute Gasteiger partial charge is 0.317 e. The second-order valence-corrected chi connectivity index (χ2v) is 6.85. The van der Waals surface area contributed by atoms with E-state index in [1.807, 2.05) is 0 Å². The second-order valence-electron chi connectivity index (χ2n) is 6.85. The molecule has 4 rings (SSSR count). The largest absolute Gasteiger partial charge is 0.481 e. The third kappa shape index (κ3) is 1.91. The molecular formula is C14H20O4. The van der Waals surface area contributed by atoms with Crippen LogP contribution in [-0.4, -0.2) is 22.2 Å². The molecule has 0 atom stereocenters. The Balaban J connectivity index is 1.79. The zero-order valence-corrected chi connectivity index (χ0v) is 10.5. The Hall–Kier alpha value is -1.06. The lowest BCUT2D eigenvalue weighted by Crippen LogP contribution is -2.48.